The Kier molecular flexibility index (Phi) is 6.42. The number of benzene rings is 1. The minimum atomic E-state index is -1.10. The van der Waals surface area contributed by atoms with Gasteiger partial charge in [-0.15, -0.1) is 0 Å². The average Bonchev–Trinajstić information content (AvgIpc) is 3.47. The first-order chi connectivity index (χ1) is 16.5. The predicted molar refractivity (Wildman–Crippen MR) is 123 cm³/mol. The van der Waals surface area contributed by atoms with Crippen molar-refractivity contribution in [3.63, 3.8) is 0 Å². The molecule has 4 aliphatic rings. The van der Waals surface area contributed by atoms with Crippen LogP contribution in [0.15, 0.2) is 35.9 Å². The van der Waals surface area contributed by atoms with Crippen LogP contribution in [0.2, 0.25) is 0 Å². The fourth-order valence-corrected chi connectivity index (χ4v) is 5.94. The summed E-state index contributed by atoms with van der Waals surface area (Å²) in [4.78, 5) is 43.2. The van der Waals surface area contributed by atoms with E-state index in [9.17, 15) is 18.8 Å². The Labute approximate surface area is 199 Å². The quantitative estimate of drug-likeness (QED) is 0.672. The van der Waals surface area contributed by atoms with E-state index in [1.165, 1.54) is 17.0 Å². The zero-order chi connectivity index (χ0) is 23.7. The SMILES string of the molecule is O=C(C1=CCCCC1)N1CCC(C2(Cc3ccc(F)cc3)NC(=O)N(C3CCOC3)C2=O)CC1. The number of allylic oxidation sites excluding steroid dienone is 1. The molecule has 1 aromatic rings. The monoisotopic (exact) mass is 469 g/mol. The van der Waals surface area contributed by atoms with Crippen LogP contribution in [0.1, 0.15) is 50.5 Å². The summed E-state index contributed by atoms with van der Waals surface area (Å²) in [5.74, 6) is -0.576. The number of carbonyl (C=O) groups is 3. The molecule has 1 aliphatic carbocycles. The van der Waals surface area contributed by atoms with Crippen LogP contribution in [0.3, 0.4) is 0 Å². The second kappa shape index (κ2) is 9.49. The predicted octanol–water partition coefficient (Wildman–Crippen LogP) is 3.19. The molecule has 2 unspecified atom stereocenters. The molecule has 3 aliphatic heterocycles. The molecule has 0 spiro atoms. The van der Waals surface area contributed by atoms with Crippen molar-refractivity contribution in [2.24, 2.45) is 5.92 Å². The van der Waals surface area contributed by atoms with E-state index in [0.29, 0.717) is 52.0 Å². The summed E-state index contributed by atoms with van der Waals surface area (Å²) >= 11 is 0. The van der Waals surface area contributed by atoms with Crippen molar-refractivity contribution in [1.82, 2.24) is 15.1 Å². The van der Waals surface area contributed by atoms with Crippen LogP contribution in [0.4, 0.5) is 9.18 Å². The summed E-state index contributed by atoms with van der Waals surface area (Å²) in [6.45, 7) is 2.00. The minimum absolute atomic E-state index is 0.109. The Balaban J connectivity index is 1.37. The van der Waals surface area contributed by atoms with Crippen LogP contribution < -0.4 is 5.32 Å². The zero-order valence-corrected chi connectivity index (χ0v) is 19.4. The normalized spacial score (nSPS) is 28.3. The second-order valence-electron chi connectivity index (χ2n) is 9.94. The number of hydrogen-bond donors (Lipinski definition) is 1. The molecule has 7 nitrogen and oxygen atoms in total. The van der Waals surface area contributed by atoms with E-state index in [2.05, 4.69) is 11.4 Å². The van der Waals surface area contributed by atoms with E-state index in [0.717, 1.165) is 36.8 Å². The van der Waals surface area contributed by atoms with Gasteiger partial charge >= 0.3 is 6.03 Å². The molecule has 3 saturated heterocycles. The first kappa shape index (κ1) is 23.0. The second-order valence-corrected chi connectivity index (χ2v) is 9.94. The van der Waals surface area contributed by atoms with E-state index >= 15 is 0 Å². The number of likely N-dealkylation sites (tertiary alicyclic amines) is 1. The molecule has 1 N–H and O–H groups in total. The highest BCUT2D eigenvalue weighted by Gasteiger charge is 2.57. The summed E-state index contributed by atoms with van der Waals surface area (Å²) < 4.78 is 19.0. The van der Waals surface area contributed by atoms with Gasteiger partial charge in [0.2, 0.25) is 5.91 Å². The number of ether oxygens (including phenoxy) is 1. The summed E-state index contributed by atoms with van der Waals surface area (Å²) in [5.41, 5.74) is 0.602. The molecule has 0 bridgehead atoms. The molecular weight excluding hydrogens is 437 g/mol. The van der Waals surface area contributed by atoms with Crippen LogP contribution >= 0.6 is 0 Å². The van der Waals surface area contributed by atoms with Crippen LogP contribution in [-0.4, -0.2) is 65.5 Å². The molecule has 1 aromatic carbocycles. The number of carbonyl (C=O) groups excluding carboxylic acids is 3. The number of piperidine rings is 1. The molecule has 0 radical (unpaired) electrons. The van der Waals surface area contributed by atoms with Gasteiger partial charge in [-0.1, -0.05) is 18.2 Å². The van der Waals surface area contributed by atoms with Gasteiger partial charge in [0.15, 0.2) is 0 Å². The van der Waals surface area contributed by atoms with Crippen molar-refractivity contribution >= 4 is 17.8 Å². The lowest BCUT2D eigenvalue weighted by molar-refractivity contribution is -0.136. The van der Waals surface area contributed by atoms with Gasteiger partial charge in [-0.3, -0.25) is 14.5 Å². The minimum Gasteiger partial charge on any atom is -0.379 e. The maximum atomic E-state index is 13.9. The van der Waals surface area contributed by atoms with Gasteiger partial charge in [-0.25, -0.2) is 9.18 Å². The molecule has 34 heavy (non-hydrogen) atoms. The Hall–Kier alpha value is -2.74. The van der Waals surface area contributed by atoms with E-state index < -0.39 is 5.54 Å². The molecule has 0 saturated carbocycles. The number of rotatable bonds is 5. The van der Waals surface area contributed by atoms with Crippen molar-refractivity contribution < 1.29 is 23.5 Å². The molecule has 8 heteroatoms. The lowest BCUT2D eigenvalue weighted by atomic mass is 9.73. The van der Waals surface area contributed by atoms with Crippen molar-refractivity contribution in [2.45, 2.75) is 62.9 Å². The number of amides is 4. The largest absolute Gasteiger partial charge is 0.379 e. The fraction of sp³-hybridized carbons (Fsp3) is 0.577. The van der Waals surface area contributed by atoms with Crippen LogP contribution in [-0.2, 0) is 20.7 Å². The Morgan fingerprint density at radius 1 is 1.12 bits per heavy atom. The number of nitrogens with one attached hydrogen (secondary N) is 1. The van der Waals surface area contributed by atoms with Crippen molar-refractivity contribution in [3.8, 4) is 0 Å². The number of imide groups is 1. The van der Waals surface area contributed by atoms with Crippen LogP contribution in [0.5, 0.6) is 0 Å². The maximum absolute atomic E-state index is 13.9. The molecule has 4 amide bonds. The van der Waals surface area contributed by atoms with Gasteiger partial charge in [0.1, 0.15) is 11.4 Å². The summed E-state index contributed by atoms with van der Waals surface area (Å²) in [5, 5.41) is 3.06. The van der Waals surface area contributed by atoms with Gasteiger partial charge < -0.3 is 15.0 Å². The van der Waals surface area contributed by atoms with Crippen LogP contribution in [0, 0.1) is 11.7 Å². The standard InChI is InChI=1S/C26H32FN3O4/c27-21-8-6-18(7-9-21)16-26(24(32)30(25(33)28-26)22-12-15-34-17-22)20-10-13-29(14-11-20)23(31)19-4-2-1-3-5-19/h4,6-9,20,22H,1-3,5,10-17H2,(H,28,33). The fourth-order valence-electron chi connectivity index (χ4n) is 5.94. The topological polar surface area (TPSA) is 79.0 Å². The van der Waals surface area contributed by atoms with Gasteiger partial charge in [-0.2, -0.15) is 0 Å². The molecule has 3 fully saturated rings. The highest BCUT2D eigenvalue weighted by molar-refractivity contribution is 6.08. The van der Waals surface area contributed by atoms with Crippen molar-refractivity contribution in [3.05, 3.63) is 47.3 Å². The third-order valence-electron chi connectivity index (χ3n) is 7.86. The lowest BCUT2D eigenvalue weighted by Gasteiger charge is -2.41. The highest BCUT2D eigenvalue weighted by atomic mass is 19.1. The maximum Gasteiger partial charge on any atom is 0.325 e. The molecule has 5 rings (SSSR count). The number of halogens is 1. The number of hydrogen-bond acceptors (Lipinski definition) is 4. The molecule has 0 aromatic heterocycles. The van der Waals surface area contributed by atoms with Gasteiger partial charge in [0, 0.05) is 31.7 Å². The third kappa shape index (κ3) is 4.24. The van der Waals surface area contributed by atoms with E-state index in [1.54, 1.807) is 12.1 Å². The van der Waals surface area contributed by atoms with Gasteiger partial charge in [0.05, 0.1) is 12.6 Å². The summed E-state index contributed by atoms with van der Waals surface area (Å²) in [7, 11) is 0. The van der Waals surface area contributed by atoms with Crippen molar-refractivity contribution in [1.29, 1.82) is 0 Å². The number of urea groups is 1. The Morgan fingerprint density at radius 2 is 1.88 bits per heavy atom. The lowest BCUT2D eigenvalue weighted by Crippen LogP contribution is -2.58. The Morgan fingerprint density at radius 3 is 2.53 bits per heavy atom. The summed E-state index contributed by atoms with van der Waals surface area (Å²) in [6, 6.07) is 5.46. The Bertz CT molecular complexity index is 980. The molecule has 2 atom stereocenters. The third-order valence-corrected chi connectivity index (χ3v) is 7.86. The van der Waals surface area contributed by atoms with E-state index in [1.807, 2.05) is 4.90 Å². The van der Waals surface area contributed by atoms with Crippen LogP contribution in [0.25, 0.3) is 0 Å². The number of nitrogens with zero attached hydrogens (tertiary/aromatic N) is 2. The first-order valence-electron chi connectivity index (χ1n) is 12.4. The average molecular weight is 470 g/mol. The van der Waals surface area contributed by atoms with E-state index in [-0.39, 0.29) is 35.6 Å². The van der Waals surface area contributed by atoms with Gasteiger partial charge in [0.25, 0.3) is 5.91 Å². The zero-order valence-electron chi connectivity index (χ0n) is 19.4. The smallest absolute Gasteiger partial charge is 0.325 e. The van der Waals surface area contributed by atoms with E-state index in [4.69, 9.17) is 4.74 Å². The summed E-state index contributed by atoms with van der Waals surface area (Å²) in [6.07, 6.45) is 8.23. The molecular formula is C26H32FN3O4. The molecule has 3 heterocycles. The van der Waals surface area contributed by atoms with Gasteiger partial charge in [-0.05, 0) is 68.6 Å². The highest BCUT2D eigenvalue weighted by Crippen LogP contribution is 2.38. The van der Waals surface area contributed by atoms with Crippen molar-refractivity contribution in [2.75, 3.05) is 26.3 Å². The first-order valence-corrected chi connectivity index (χ1v) is 12.4. The molecule has 182 valence electrons.